The molecule has 1 atom stereocenters. The largest absolute Gasteiger partial charge is 0.353 e. The summed E-state index contributed by atoms with van der Waals surface area (Å²) in [4.78, 5) is 14.4. The van der Waals surface area contributed by atoms with Crippen LogP contribution in [0, 0.1) is 0 Å². The lowest BCUT2D eigenvalue weighted by Gasteiger charge is -2.47. The molecule has 0 spiro atoms. The van der Waals surface area contributed by atoms with Gasteiger partial charge in [-0.15, -0.1) is 0 Å². The Hall–Kier alpha value is -1.00. The lowest BCUT2D eigenvalue weighted by molar-refractivity contribution is -0.121. The Kier molecular flexibility index (Phi) is 5.11. The van der Waals surface area contributed by atoms with Crippen molar-refractivity contribution in [3.8, 4) is 0 Å². The molecule has 0 saturated heterocycles. The molecule has 1 aromatic rings. The highest BCUT2D eigenvalue weighted by Crippen LogP contribution is 2.35. The van der Waals surface area contributed by atoms with E-state index in [2.05, 4.69) is 36.9 Å². The highest BCUT2D eigenvalue weighted by atomic mass is 32.1. The number of rotatable bonds is 6. The summed E-state index contributed by atoms with van der Waals surface area (Å²) in [5.41, 5.74) is 1.31. The maximum Gasteiger partial charge on any atom is 0.233 e. The number of carbonyl (C=O) groups is 1. The van der Waals surface area contributed by atoms with Crippen molar-refractivity contribution >= 4 is 18.5 Å². The lowest BCUT2D eigenvalue weighted by atomic mass is 9.75. The molecule has 0 radical (unpaired) electrons. The van der Waals surface area contributed by atoms with Crippen LogP contribution in [0.4, 0.5) is 0 Å². The fourth-order valence-electron chi connectivity index (χ4n) is 2.67. The van der Waals surface area contributed by atoms with Gasteiger partial charge in [0, 0.05) is 12.1 Å². The van der Waals surface area contributed by atoms with Crippen LogP contribution in [0.1, 0.15) is 24.8 Å². The summed E-state index contributed by atoms with van der Waals surface area (Å²) >= 11 is 4.44. The van der Waals surface area contributed by atoms with E-state index in [9.17, 15) is 4.79 Å². The number of benzene rings is 1. The second-order valence-corrected chi connectivity index (χ2v) is 6.52. The zero-order chi connectivity index (χ0) is 14.6. The normalized spacial score (nSPS) is 18.4. The van der Waals surface area contributed by atoms with Gasteiger partial charge in [-0.2, -0.15) is 12.6 Å². The number of nitrogens with one attached hydrogen (secondary N) is 1. The van der Waals surface area contributed by atoms with E-state index >= 15 is 0 Å². The molecule has 20 heavy (non-hydrogen) atoms. The maximum atomic E-state index is 12.2. The van der Waals surface area contributed by atoms with Crippen LogP contribution in [0.25, 0.3) is 0 Å². The van der Waals surface area contributed by atoms with Gasteiger partial charge >= 0.3 is 0 Å². The van der Waals surface area contributed by atoms with Crippen LogP contribution in [-0.2, 0) is 11.2 Å². The van der Waals surface area contributed by atoms with E-state index in [4.69, 9.17) is 0 Å². The van der Waals surface area contributed by atoms with Gasteiger partial charge in [0.1, 0.15) is 0 Å². The molecule has 1 N–H and O–H groups in total. The minimum atomic E-state index is -0.281. The summed E-state index contributed by atoms with van der Waals surface area (Å²) < 4.78 is 0. The average molecular weight is 292 g/mol. The first-order valence-corrected chi connectivity index (χ1v) is 7.72. The predicted molar refractivity (Wildman–Crippen MR) is 86.2 cm³/mol. The van der Waals surface area contributed by atoms with E-state index < -0.39 is 0 Å². The zero-order valence-corrected chi connectivity index (χ0v) is 13.2. The topological polar surface area (TPSA) is 32.3 Å². The second-order valence-electron chi connectivity index (χ2n) is 5.90. The van der Waals surface area contributed by atoms with E-state index in [0.717, 1.165) is 24.9 Å². The molecule has 0 bridgehead atoms. The SMILES string of the molecule is CN(C)C1(CNC(=O)C(S)Cc2ccccc2)CCC1. The quantitative estimate of drug-likeness (QED) is 0.787. The standard InChI is InChI=1S/C16H24N2OS/c1-18(2)16(9-6-10-16)12-17-15(19)14(20)11-13-7-4-3-5-8-13/h3-5,7-8,14,20H,6,9-12H2,1-2H3,(H,17,19). The molecule has 3 nitrogen and oxygen atoms in total. The molecule has 1 aliphatic rings. The summed E-state index contributed by atoms with van der Waals surface area (Å²) in [5.74, 6) is 0.0327. The summed E-state index contributed by atoms with van der Waals surface area (Å²) in [6.07, 6.45) is 4.25. The number of thiol groups is 1. The molecular weight excluding hydrogens is 268 g/mol. The van der Waals surface area contributed by atoms with E-state index in [-0.39, 0.29) is 16.7 Å². The Morgan fingerprint density at radius 1 is 1.35 bits per heavy atom. The third kappa shape index (κ3) is 3.55. The number of carbonyl (C=O) groups excluding carboxylic acids is 1. The number of amides is 1. The van der Waals surface area contributed by atoms with Gasteiger partial charge in [-0.25, -0.2) is 0 Å². The predicted octanol–water partition coefficient (Wildman–Crippen LogP) is 2.13. The Balaban J connectivity index is 1.82. The molecule has 110 valence electrons. The van der Waals surface area contributed by atoms with Crippen molar-refractivity contribution < 1.29 is 4.79 Å². The van der Waals surface area contributed by atoms with Crippen LogP contribution in [0.3, 0.4) is 0 Å². The van der Waals surface area contributed by atoms with Crippen molar-refractivity contribution in [2.75, 3.05) is 20.6 Å². The highest BCUT2D eigenvalue weighted by Gasteiger charge is 2.39. The van der Waals surface area contributed by atoms with E-state index in [1.54, 1.807) is 0 Å². The van der Waals surface area contributed by atoms with Gasteiger partial charge in [-0.1, -0.05) is 30.3 Å². The smallest absolute Gasteiger partial charge is 0.233 e. The number of hydrogen-bond acceptors (Lipinski definition) is 3. The summed E-state index contributed by atoms with van der Waals surface area (Å²) in [5, 5.41) is 2.79. The van der Waals surface area contributed by atoms with E-state index in [1.165, 1.54) is 6.42 Å². The molecule has 1 amide bonds. The third-order valence-corrected chi connectivity index (χ3v) is 4.82. The van der Waals surface area contributed by atoms with Crippen LogP contribution in [0.2, 0.25) is 0 Å². The Morgan fingerprint density at radius 3 is 2.50 bits per heavy atom. The third-order valence-electron chi connectivity index (χ3n) is 4.40. The van der Waals surface area contributed by atoms with Crippen LogP contribution in [0.5, 0.6) is 0 Å². The molecule has 1 aromatic carbocycles. The Morgan fingerprint density at radius 2 is 2.00 bits per heavy atom. The lowest BCUT2D eigenvalue weighted by Crippen LogP contribution is -2.57. The molecule has 1 unspecified atom stereocenters. The second kappa shape index (κ2) is 6.64. The van der Waals surface area contributed by atoms with Crippen molar-refractivity contribution in [3.05, 3.63) is 35.9 Å². The highest BCUT2D eigenvalue weighted by molar-refractivity contribution is 7.81. The molecule has 1 saturated carbocycles. The van der Waals surface area contributed by atoms with Gasteiger partial charge in [-0.05, 0) is 45.3 Å². The average Bonchev–Trinajstić information content (AvgIpc) is 2.37. The monoisotopic (exact) mass is 292 g/mol. The van der Waals surface area contributed by atoms with Gasteiger partial charge in [0.25, 0.3) is 0 Å². The number of nitrogens with zero attached hydrogens (tertiary/aromatic N) is 1. The van der Waals surface area contributed by atoms with Gasteiger partial charge in [0.05, 0.1) is 5.25 Å². The van der Waals surface area contributed by atoms with Crippen molar-refractivity contribution in [1.29, 1.82) is 0 Å². The first-order valence-electron chi connectivity index (χ1n) is 7.21. The van der Waals surface area contributed by atoms with Crippen LogP contribution >= 0.6 is 12.6 Å². The number of likely N-dealkylation sites (N-methyl/N-ethyl adjacent to an activating group) is 1. The maximum absolute atomic E-state index is 12.2. The van der Waals surface area contributed by atoms with E-state index in [0.29, 0.717) is 6.42 Å². The molecule has 0 aromatic heterocycles. The van der Waals surface area contributed by atoms with Crippen molar-refractivity contribution in [3.63, 3.8) is 0 Å². The fourth-order valence-corrected chi connectivity index (χ4v) is 2.97. The van der Waals surface area contributed by atoms with E-state index in [1.807, 2.05) is 30.3 Å². The minimum absolute atomic E-state index is 0.0327. The van der Waals surface area contributed by atoms with Gasteiger partial charge in [0.2, 0.25) is 5.91 Å². The van der Waals surface area contributed by atoms with Gasteiger partial charge in [0.15, 0.2) is 0 Å². The Labute approximate surface area is 127 Å². The van der Waals surface area contributed by atoms with Crippen molar-refractivity contribution in [2.24, 2.45) is 0 Å². The molecule has 2 rings (SSSR count). The first-order chi connectivity index (χ1) is 9.53. The van der Waals surface area contributed by atoms with Gasteiger partial charge in [-0.3, -0.25) is 4.79 Å². The molecular formula is C16H24N2OS. The van der Waals surface area contributed by atoms with Crippen LogP contribution in [-0.4, -0.2) is 42.2 Å². The summed E-state index contributed by atoms with van der Waals surface area (Å²) in [6.45, 7) is 0.727. The zero-order valence-electron chi connectivity index (χ0n) is 12.3. The van der Waals surface area contributed by atoms with Crippen LogP contribution < -0.4 is 5.32 Å². The molecule has 1 fully saturated rings. The molecule has 1 aliphatic carbocycles. The van der Waals surface area contributed by atoms with Crippen LogP contribution in [0.15, 0.2) is 30.3 Å². The van der Waals surface area contributed by atoms with Crippen molar-refractivity contribution in [2.45, 2.75) is 36.5 Å². The minimum Gasteiger partial charge on any atom is -0.353 e. The number of hydrogen-bond donors (Lipinski definition) is 2. The molecule has 0 aliphatic heterocycles. The van der Waals surface area contributed by atoms with Crippen molar-refractivity contribution in [1.82, 2.24) is 10.2 Å². The summed E-state index contributed by atoms with van der Waals surface area (Å²) in [7, 11) is 4.18. The first kappa shape index (κ1) is 15.4. The van der Waals surface area contributed by atoms with Gasteiger partial charge < -0.3 is 10.2 Å². The Bertz CT molecular complexity index is 443. The molecule has 0 heterocycles. The fraction of sp³-hybridized carbons (Fsp3) is 0.562. The summed E-state index contributed by atoms with van der Waals surface area (Å²) in [6, 6.07) is 10.0. The molecule has 4 heteroatoms.